The van der Waals surface area contributed by atoms with Gasteiger partial charge in [-0.2, -0.15) is 0 Å². The van der Waals surface area contributed by atoms with Crippen LogP contribution < -0.4 is 0 Å². The fourth-order valence-corrected chi connectivity index (χ4v) is 4.06. The van der Waals surface area contributed by atoms with Gasteiger partial charge >= 0.3 is 6.09 Å². The lowest BCUT2D eigenvalue weighted by atomic mass is 9.90. The van der Waals surface area contributed by atoms with Gasteiger partial charge in [-0.25, -0.2) is 4.79 Å². The summed E-state index contributed by atoms with van der Waals surface area (Å²) >= 11 is 0. The van der Waals surface area contributed by atoms with Gasteiger partial charge in [0.1, 0.15) is 11.7 Å². The lowest BCUT2D eigenvalue weighted by molar-refractivity contribution is -0.144. The third kappa shape index (κ3) is 3.53. The number of hydrogen-bond acceptors (Lipinski definition) is 4. The quantitative estimate of drug-likeness (QED) is 0.772. The van der Waals surface area contributed by atoms with Gasteiger partial charge in [-0.05, 0) is 18.8 Å². The second-order valence-corrected chi connectivity index (χ2v) is 7.44. The maximum atomic E-state index is 12.4. The number of nitrogens with zero attached hydrogens (tertiary/aromatic N) is 2. The van der Waals surface area contributed by atoms with Gasteiger partial charge in [-0.3, -0.25) is 4.79 Å². The Labute approximate surface area is 144 Å². The molecule has 136 valence electrons. The molecule has 0 aromatic carbocycles. The number of carbonyl (C=O) groups is 2. The molecule has 1 spiro atoms. The van der Waals surface area contributed by atoms with Crippen molar-refractivity contribution in [2.75, 3.05) is 32.8 Å². The van der Waals surface area contributed by atoms with Gasteiger partial charge in [0.15, 0.2) is 0 Å². The zero-order valence-corrected chi connectivity index (χ0v) is 15.0. The first-order chi connectivity index (χ1) is 11.6. The molecule has 0 aliphatic carbocycles. The molecule has 6 nitrogen and oxygen atoms in total. The molecule has 6 heteroatoms. The molecule has 24 heavy (non-hydrogen) atoms. The molecule has 3 aliphatic heterocycles. The summed E-state index contributed by atoms with van der Waals surface area (Å²) < 4.78 is 11.3. The largest absolute Gasteiger partial charge is 0.441 e. The van der Waals surface area contributed by atoms with Crippen LogP contribution in [0.1, 0.15) is 52.4 Å². The SMILES string of the molecule is CCC(CC)CN1CC2(CCN(C(=O)C3CCCO3)CC2)OC1=O. The Bertz CT molecular complexity index is 464. The lowest BCUT2D eigenvalue weighted by Gasteiger charge is -2.38. The van der Waals surface area contributed by atoms with Crippen LogP contribution in [0.3, 0.4) is 0 Å². The van der Waals surface area contributed by atoms with E-state index in [1.165, 1.54) is 0 Å². The van der Waals surface area contributed by atoms with E-state index in [1.54, 1.807) is 0 Å². The molecule has 0 radical (unpaired) electrons. The first kappa shape index (κ1) is 17.5. The molecule has 0 bridgehead atoms. The molecule has 3 fully saturated rings. The van der Waals surface area contributed by atoms with Crippen LogP contribution in [-0.4, -0.2) is 66.3 Å². The molecule has 0 aromatic rings. The van der Waals surface area contributed by atoms with Crippen molar-refractivity contribution >= 4 is 12.0 Å². The van der Waals surface area contributed by atoms with Gasteiger partial charge in [0.05, 0.1) is 6.54 Å². The highest BCUT2D eigenvalue weighted by Gasteiger charge is 2.48. The third-order valence-corrected chi connectivity index (χ3v) is 5.87. The first-order valence-electron chi connectivity index (χ1n) is 9.45. The van der Waals surface area contributed by atoms with Crippen molar-refractivity contribution in [2.24, 2.45) is 5.92 Å². The van der Waals surface area contributed by atoms with Crippen LogP contribution in [0.5, 0.6) is 0 Å². The normalized spacial score (nSPS) is 26.5. The molecule has 3 rings (SSSR count). The number of amides is 2. The summed E-state index contributed by atoms with van der Waals surface area (Å²) in [6, 6.07) is 0. The average Bonchev–Trinajstić information content (AvgIpc) is 3.22. The Morgan fingerprint density at radius 1 is 1.29 bits per heavy atom. The minimum Gasteiger partial charge on any atom is -0.441 e. The van der Waals surface area contributed by atoms with Crippen molar-refractivity contribution in [1.29, 1.82) is 0 Å². The topological polar surface area (TPSA) is 59.1 Å². The molecule has 3 aliphatic rings. The highest BCUT2D eigenvalue weighted by atomic mass is 16.6. The molecule has 1 unspecified atom stereocenters. The standard InChI is InChI=1S/C18H30N2O4/c1-3-14(4-2)12-20-13-18(24-17(20)22)7-9-19(10-8-18)16(21)15-6-5-11-23-15/h14-15H,3-13H2,1-2H3. The van der Waals surface area contributed by atoms with Crippen LogP contribution in [0.4, 0.5) is 4.79 Å². The summed E-state index contributed by atoms with van der Waals surface area (Å²) in [6.07, 6.45) is 4.99. The predicted octanol–water partition coefficient (Wildman–Crippen LogP) is 2.42. The van der Waals surface area contributed by atoms with E-state index in [0.717, 1.165) is 45.1 Å². The summed E-state index contributed by atoms with van der Waals surface area (Å²) in [6.45, 7) is 7.80. The van der Waals surface area contributed by atoms with E-state index in [9.17, 15) is 9.59 Å². The summed E-state index contributed by atoms with van der Waals surface area (Å²) in [5.41, 5.74) is -0.392. The van der Waals surface area contributed by atoms with Crippen LogP contribution in [0.15, 0.2) is 0 Å². The molecule has 2 amide bonds. The number of ether oxygens (including phenoxy) is 2. The van der Waals surface area contributed by atoms with Crippen LogP contribution in [0.2, 0.25) is 0 Å². The lowest BCUT2D eigenvalue weighted by Crippen LogP contribution is -2.51. The van der Waals surface area contributed by atoms with Gasteiger partial charge in [-0.1, -0.05) is 26.7 Å². The molecule has 3 saturated heterocycles. The summed E-state index contributed by atoms with van der Waals surface area (Å²) in [4.78, 5) is 28.4. The summed E-state index contributed by atoms with van der Waals surface area (Å²) in [7, 11) is 0. The van der Waals surface area contributed by atoms with Crippen molar-refractivity contribution in [2.45, 2.75) is 64.1 Å². The van der Waals surface area contributed by atoms with E-state index < -0.39 is 5.60 Å². The minimum atomic E-state index is -0.392. The van der Waals surface area contributed by atoms with E-state index in [-0.39, 0.29) is 18.1 Å². The van der Waals surface area contributed by atoms with Gasteiger partial charge in [-0.15, -0.1) is 0 Å². The number of carbonyl (C=O) groups excluding carboxylic acids is 2. The Kier molecular flexibility index (Phi) is 5.33. The van der Waals surface area contributed by atoms with Crippen molar-refractivity contribution in [3.05, 3.63) is 0 Å². The van der Waals surface area contributed by atoms with E-state index in [2.05, 4.69) is 13.8 Å². The van der Waals surface area contributed by atoms with Crippen molar-refractivity contribution < 1.29 is 19.1 Å². The highest BCUT2D eigenvalue weighted by Crippen LogP contribution is 2.34. The van der Waals surface area contributed by atoms with Gasteiger partial charge in [0.2, 0.25) is 0 Å². The zero-order valence-electron chi connectivity index (χ0n) is 15.0. The van der Waals surface area contributed by atoms with E-state index in [0.29, 0.717) is 32.2 Å². The summed E-state index contributed by atoms with van der Waals surface area (Å²) in [5.74, 6) is 0.648. The van der Waals surface area contributed by atoms with Crippen molar-refractivity contribution in [1.82, 2.24) is 9.80 Å². The predicted molar refractivity (Wildman–Crippen MR) is 89.6 cm³/mol. The van der Waals surface area contributed by atoms with Gasteiger partial charge < -0.3 is 19.3 Å². The van der Waals surface area contributed by atoms with E-state index in [1.807, 2.05) is 9.80 Å². The zero-order chi connectivity index (χ0) is 17.2. The van der Waals surface area contributed by atoms with E-state index in [4.69, 9.17) is 9.47 Å². The maximum Gasteiger partial charge on any atom is 0.410 e. The van der Waals surface area contributed by atoms with Gasteiger partial charge in [0.25, 0.3) is 5.91 Å². The monoisotopic (exact) mass is 338 g/mol. The Morgan fingerprint density at radius 2 is 2.00 bits per heavy atom. The summed E-state index contributed by atoms with van der Waals surface area (Å²) in [5, 5.41) is 0. The molecular weight excluding hydrogens is 308 g/mol. The molecule has 3 heterocycles. The molecule has 0 aromatic heterocycles. The second-order valence-electron chi connectivity index (χ2n) is 7.44. The number of likely N-dealkylation sites (tertiary alicyclic amines) is 1. The van der Waals surface area contributed by atoms with Gasteiger partial charge in [0, 0.05) is 39.1 Å². The Hall–Kier alpha value is -1.30. The maximum absolute atomic E-state index is 12.4. The highest BCUT2D eigenvalue weighted by molar-refractivity contribution is 5.81. The number of hydrogen-bond donors (Lipinski definition) is 0. The van der Waals surface area contributed by atoms with E-state index >= 15 is 0 Å². The second kappa shape index (κ2) is 7.30. The molecule has 0 N–H and O–H groups in total. The van der Waals surface area contributed by atoms with Crippen LogP contribution >= 0.6 is 0 Å². The Balaban J connectivity index is 1.53. The van der Waals surface area contributed by atoms with Crippen molar-refractivity contribution in [3.8, 4) is 0 Å². The third-order valence-electron chi connectivity index (χ3n) is 5.87. The number of piperidine rings is 1. The van der Waals surface area contributed by atoms with Crippen LogP contribution in [0, 0.1) is 5.92 Å². The van der Waals surface area contributed by atoms with Crippen molar-refractivity contribution in [3.63, 3.8) is 0 Å². The molecular formula is C18H30N2O4. The Morgan fingerprint density at radius 3 is 2.58 bits per heavy atom. The van der Waals surface area contributed by atoms with Crippen LogP contribution in [-0.2, 0) is 14.3 Å². The molecule has 1 atom stereocenters. The average molecular weight is 338 g/mol. The molecule has 0 saturated carbocycles. The fraction of sp³-hybridized carbons (Fsp3) is 0.889. The smallest absolute Gasteiger partial charge is 0.410 e. The van der Waals surface area contributed by atoms with Crippen LogP contribution in [0.25, 0.3) is 0 Å². The number of rotatable bonds is 5. The fourth-order valence-electron chi connectivity index (χ4n) is 4.06. The minimum absolute atomic E-state index is 0.112. The first-order valence-corrected chi connectivity index (χ1v) is 9.45.